The molecule has 0 fully saturated rings. The lowest BCUT2D eigenvalue weighted by Gasteiger charge is -2.13. The van der Waals surface area contributed by atoms with Gasteiger partial charge in [0.1, 0.15) is 4.83 Å². The fraction of sp³-hybridized carbons (Fsp3) is 0.217. The first-order chi connectivity index (χ1) is 14.6. The Morgan fingerprint density at radius 3 is 2.67 bits per heavy atom. The Balaban J connectivity index is 1.60. The van der Waals surface area contributed by atoms with Crippen LogP contribution in [0.4, 0.5) is 0 Å². The predicted molar refractivity (Wildman–Crippen MR) is 127 cm³/mol. The highest BCUT2D eigenvalue weighted by Crippen LogP contribution is 2.36. The van der Waals surface area contributed by atoms with Gasteiger partial charge in [-0.05, 0) is 48.1 Å². The van der Waals surface area contributed by atoms with E-state index in [1.54, 1.807) is 33.7 Å². The van der Waals surface area contributed by atoms with Crippen molar-refractivity contribution < 1.29 is 0 Å². The van der Waals surface area contributed by atoms with E-state index in [9.17, 15) is 4.79 Å². The van der Waals surface area contributed by atoms with Crippen LogP contribution < -0.4 is 5.56 Å². The van der Waals surface area contributed by atoms with Crippen LogP contribution in [-0.4, -0.2) is 9.55 Å². The van der Waals surface area contributed by atoms with Gasteiger partial charge in [0, 0.05) is 10.6 Å². The summed E-state index contributed by atoms with van der Waals surface area (Å²) in [6.07, 6.45) is 3.14. The molecule has 0 spiro atoms. The van der Waals surface area contributed by atoms with Crippen molar-refractivity contribution in [1.29, 1.82) is 0 Å². The Hall–Kier alpha value is -1.79. The second kappa shape index (κ2) is 8.39. The summed E-state index contributed by atoms with van der Waals surface area (Å²) in [5.74, 6) is 0.755. The molecular weight excluding hydrogens is 455 g/mol. The second-order valence-corrected chi connectivity index (χ2v) is 10.2. The molecule has 4 aromatic rings. The van der Waals surface area contributed by atoms with Gasteiger partial charge in [0.15, 0.2) is 5.16 Å². The van der Waals surface area contributed by atoms with Gasteiger partial charge >= 0.3 is 0 Å². The Morgan fingerprint density at radius 1 is 1.03 bits per heavy atom. The lowest BCUT2D eigenvalue weighted by molar-refractivity contribution is 0.658. The lowest BCUT2D eigenvalue weighted by atomic mass is 10.2. The van der Waals surface area contributed by atoms with E-state index in [1.807, 2.05) is 30.3 Å². The molecule has 0 N–H and O–H groups in total. The summed E-state index contributed by atoms with van der Waals surface area (Å²) >= 11 is 15.6. The first kappa shape index (κ1) is 20.1. The fourth-order valence-corrected chi connectivity index (χ4v) is 6.43. The Morgan fingerprint density at radius 2 is 1.87 bits per heavy atom. The molecule has 7 heteroatoms. The Kier molecular flexibility index (Phi) is 5.63. The van der Waals surface area contributed by atoms with Crippen molar-refractivity contribution >= 4 is 56.5 Å². The minimum Gasteiger partial charge on any atom is -0.283 e. The zero-order chi connectivity index (χ0) is 20.7. The van der Waals surface area contributed by atoms with Gasteiger partial charge < -0.3 is 0 Å². The van der Waals surface area contributed by atoms with E-state index in [2.05, 4.69) is 12.1 Å². The highest BCUT2D eigenvalue weighted by molar-refractivity contribution is 7.98. The fourth-order valence-electron chi connectivity index (χ4n) is 3.85. The van der Waals surface area contributed by atoms with Crippen molar-refractivity contribution in [2.24, 2.45) is 0 Å². The number of halogens is 2. The predicted octanol–water partition coefficient (Wildman–Crippen LogP) is 6.59. The number of benzene rings is 2. The van der Waals surface area contributed by atoms with Crippen LogP contribution in [0.1, 0.15) is 28.0 Å². The Labute approximate surface area is 192 Å². The van der Waals surface area contributed by atoms with Crippen LogP contribution >= 0.6 is 46.3 Å². The number of aryl methyl sites for hydroxylation is 2. The third-order valence-electron chi connectivity index (χ3n) is 5.33. The molecule has 1 aliphatic carbocycles. The average molecular weight is 473 g/mol. The van der Waals surface area contributed by atoms with Gasteiger partial charge in [-0.25, -0.2) is 4.98 Å². The van der Waals surface area contributed by atoms with E-state index in [4.69, 9.17) is 28.2 Å². The summed E-state index contributed by atoms with van der Waals surface area (Å²) < 4.78 is 1.79. The molecule has 0 saturated carbocycles. The molecule has 5 rings (SSSR count). The molecule has 0 amide bonds. The van der Waals surface area contributed by atoms with Crippen molar-refractivity contribution in [3.63, 3.8) is 0 Å². The number of hydrogen-bond acceptors (Lipinski definition) is 4. The molecule has 0 atom stereocenters. The SMILES string of the molecule is O=c1c2c3c(sc2nc(SCc2ccccc2)n1Cc1ccc(Cl)c(Cl)c1)CCC3. The van der Waals surface area contributed by atoms with Crippen molar-refractivity contribution in [3.05, 3.63) is 90.5 Å². The molecule has 152 valence electrons. The normalized spacial score (nSPS) is 13.1. The van der Waals surface area contributed by atoms with Gasteiger partial charge in [-0.15, -0.1) is 11.3 Å². The van der Waals surface area contributed by atoms with Crippen LogP contribution in [0.25, 0.3) is 10.2 Å². The third-order valence-corrected chi connectivity index (χ3v) is 8.30. The highest BCUT2D eigenvalue weighted by Gasteiger charge is 2.23. The van der Waals surface area contributed by atoms with E-state index in [0.29, 0.717) is 16.6 Å². The number of aromatic nitrogens is 2. The minimum atomic E-state index is 0.0426. The maximum Gasteiger partial charge on any atom is 0.263 e. The molecule has 0 radical (unpaired) electrons. The van der Waals surface area contributed by atoms with Gasteiger partial charge in [0.2, 0.25) is 0 Å². The van der Waals surface area contributed by atoms with Crippen LogP contribution in [-0.2, 0) is 25.1 Å². The van der Waals surface area contributed by atoms with Crippen LogP contribution in [0.15, 0.2) is 58.5 Å². The zero-order valence-corrected chi connectivity index (χ0v) is 19.2. The molecule has 0 unspecified atom stereocenters. The molecular formula is C23H18Cl2N2OS2. The van der Waals surface area contributed by atoms with Crippen LogP contribution in [0.2, 0.25) is 10.0 Å². The number of rotatable bonds is 5. The van der Waals surface area contributed by atoms with Crippen molar-refractivity contribution in [1.82, 2.24) is 9.55 Å². The van der Waals surface area contributed by atoms with E-state index >= 15 is 0 Å². The molecule has 0 saturated heterocycles. The maximum absolute atomic E-state index is 13.6. The Bertz CT molecular complexity index is 1300. The van der Waals surface area contributed by atoms with Gasteiger partial charge in [0.05, 0.1) is 22.0 Å². The zero-order valence-electron chi connectivity index (χ0n) is 16.0. The smallest absolute Gasteiger partial charge is 0.263 e. The number of thioether (sulfide) groups is 1. The molecule has 30 heavy (non-hydrogen) atoms. The molecule has 2 aromatic heterocycles. The first-order valence-corrected chi connectivity index (χ1v) is 12.3. The second-order valence-electron chi connectivity index (χ2n) is 7.35. The summed E-state index contributed by atoms with van der Waals surface area (Å²) in [4.78, 5) is 20.7. The van der Waals surface area contributed by atoms with Crippen LogP contribution in [0.3, 0.4) is 0 Å². The molecule has 3 nitrogen and oxygen atoms in total. The summed E-state index contributed by atoms with van der Waals surface area (Å²) in [5.41, 5.74) is 3.38. The van der Waals surface area contributed by atoms with Gasteiger partial charge in [-0.1, -0.05) is 71.4 Å². The number of thiophene rings is 1. The van der Waals surface area contributed by atoms with Crippen molar-refractivity contribution in [2.45, 2.75) is 36.7 Å². The van der Waals surface area contributed by atoms with Gasteiger partial charge in [0.25, 0.3) is 5.56 Å². The molecule has 2 heterocycles. The molecule has 0 bridgehead atoms. The number of nitrogens with zero attached hydrogens (tertiary/aromatic N) is 2. The average Bonchev–Trinajstić information content (AvgIpc) is 3.33. The first-order valence-electron chi connectivity index (χ1n) is 9.76. The van der Waals surface area contributed by atoms with Crippen LogP contribution in [0.5, 0.6) is 0 Å². The standard InChI is InChI=1S/C23H18Cl2N2OS2/c24-17-10-9-15(11-18(17)25)12-27-22(28)20-16-7-4-8-19(16)30-21(20)26-23(27)29-13-14-5-2-1-3-6-14/h1-3,5-6,9-11H,4,7-8,12-13H2. The van der Waals surface area contributed by atoms with E-state index in [0.717, 1.165) is 46.0 Å². The van der Waals surface area contributed by atoms with Crippen LogP contribution in [0, 0.1) is 0 Å². The highest BCUT2D eigenvalue weighted by atomic mass is 35.5. The monoisotopic (exact) mass is 472 g/mol. The molecule has 1 aliphatic rings. The third kappa shape index (κ3) is 3.80. The summed E-state index contributed by atoms with van der Waals surface area (Å²) in [5, 5.41) is 2.54. The van der Waals surface area contributed by atoms with E-state index in [1.165, 1.54) is 16.0 Å². The number of fused-ring (bicyclic) bond motifs is 3. The maximum atomic E-state index is 13.6. The molecule has 0 aliphatic heterocycles. The van der Waals surface area contributed by atoms with Gasteiger partial charge in [-0.2, -0.15) is 0 Å². The van der Waals surface area contributed by atoms with E-state index in [-0.39, 0.29) is 5.56 Å². The summed E-state index contributed by atoms with van der Waals surface area (Å²) in [6.45, 7) is 0.417. The van der Waals surface area contributed by atoms with E-state index < -0.39 is 0 Å². The quantitative estimate of drug-likeness (QED) is 0.242. The molecule has 2 aromatic carbocycles. The summed E-state index contributed by atoms with van der Waals surface area (Å²) in [7, 11) is 0. The lowest BCUT2D eigenvalue weighted by Crippen LogP contribution is -2.24. The number of hydrogen-bond donors (Lipinski definition) is 0. The van der Waals surface area contributed by atoms with Crippen molar-refractivity contribution in [3.8, 4) is 0 Å². The van der Waals surface area contributed by atoms with Gasteiger partial charge in [-0.3, -0.25) is 9.36 Å². The van der Waals surface area contributed by atoms with Crippen molar-refractivity contribution in [2.75, 3.05) is 0 Å². The summed E-state index contributed by atoms with van der Waals surface area (Å²) in [6, 6.07) is 15.7. The largest absolute Gasteiger partial charge is 0.283 e. The topological polar surface area (TPSA) is 34.9 Å². The minimum absolute atomic E-state index is 0.0426.